The van der Waals surface area contributed by atoms with Crippen molar-refractivity contribution in [3.8, 4) is 0 Å². The van der Waals surface area contributed by atoms with Gasteiger partial charge < -0.3 is 4.55 Å². The van der Waals surface area contributed by atoms with Crippen LogP contribution in [-0.2, 0) is 18.1 Å². The van der Waals surface area contributed by atoms with Crippen LogP contribution in [0.1, 0.15) is 5.69 Å². The topological polar surface area (TPSA) is 55.1 Å². The van der Waals surface area contributed by atoms with Gasteiger partial charge in [-0.25, -0.2) is 4.21 Å². The van der Waals surface area contributed by atoms with Gasteiger partial charge in [0, 0.05) is 7.05 Å². The lowest BCUT2D eigenvalue weighted by atomic mass is 10.5. The summed E-state index contributed by atoms with van der Waals surface area (Å²) < 4.78 is 21.4. The molecule has 11 heavy (non-hydrogen) atoms. The molecule has 0 radical (unpaired) electrons. The van der Waals surface area contributed by atoms with Crippen molar-refractivity contribution in [2.45, 2.75) is 11.9 Å². The molecule has 1 N–H and O–H groups in total. The van der Waals surface area contributed by atoms with Gasteiger partial charge in [-0.1, -0.05) is 0 Å². The van der Waals surface area contributed by atoms with Crippen LogP contribution in [0.25, 0.3) is 0 Å². The highest BCUT2D eigenvalue weighted by Crippen LogP contribution is 2.21. The van der Waals surface area contributed by atoms with E-state index in [1.165, 1.54) is 0 Å². The summed E-state index contributed by atoms with van der Waals surface area (Å²) in [5, 5.41) is 4.00. The smallest absolute Gasteiger partial charge is 0.208 e. The van der Waals surface area contributed by atoms with Crippen molar-refractivity contribution in [2.75, 3.05) is 0 Å². The minimum atomic E-state index is -2.01. The Morgan fingerprint density at radius 1 is 1.73 bits per heavy atom. The number of rotatable bonds is 1. The van der Waals surface area contributed by atoms with Gasteiger partial charge in [0.05, 0.1) is 10.2 Å². The van der Waals surface area contributed by atoms with E-state index >= 15 is 0 Å². The maximum atomic E-state index is 10.6. The van der Waals surface area contributed by atoms with Gasteiger partial charge in [0.1, 0.15) is 0 Å². The fraction of sp³-hybridized carbons (Fsp3) is 0.400. The lowest BCUT2D eigenvalue weighted by Crippen LogP contribution is -1.94. The van der Waals surface area contributed by atoms with E-state index in [2.05, 4.69) is 21.0 Å². The molecule has 4 nitrogen and oxygen atoms in total. The van der Waals surface area contributed by atoms with Gasteiger partial charge in [-0.15, -0.1) is 0 Å². The quantitative estimate of drug-likeness (QED) is 0.746. The number of hydrogen-bond donors (Lipinski definition) is 1. The van der Waals surface area contributed by atoms with Crippen LogP contribution in [-0.4, -0.2) is 18.5 Å². The average Bonchev–Trinajstić information content (AvgIpc) is 2.17. The molecule has 0 amide bonds. The number of hydrogen-bond acceptors (Lipinski definition) is 2. The van der Waals surface area contributed by atoms with Gasteiger partial charge in [-0.2, -0.15) is 5.10 Å². The van der Waals surface area contributed by atoms with Crippen molar-refractivity contribution in [1.29, 1.82) is 0 Å². The Kier molecular flexibility index (Phi) is 2.46. The van der Waals surface area contributed by atoms with Crippen molar-refractivity contribution >= 4 is 27.0 Å². The van der Waals surface area contributed by atoms with E-state index < -0.39 is 11.1 Å². The maximum absolute atomic E-state index is 10.6. The van der Waals surface area contributed by atoms with Crippen molar-refractivity contribution in [3.05, 3.63) is 10.2 Å². The molecule has 0 aromatic carbocycles. The summed E-state index contributed by atoms with van der Waals surface area (Å²) in [4.78, 5) is 0. The molecule has 0 aliphatic heterocycles. The standard InChI is InChI=1S/C5H7BrN2O2S/c1-3-4(6)5(11(9)10)7-8(3)2/h1-2H3,(H,9,10). The molecule has 0 spiro atoms. The Hall–Kier alpha value is -0.200. The predicted molar refractivity (Wildman–Crippen MR) is 44.7 cm³/mol. The predicted octanol–water partition coefficient (Wildman–Crippen LogP) is 1.07. The van der Waals surface area contributed by atoms with E-state index in [4.69, 9.17) is 4.55 Å². The highest BCUT2D eigenvalue weighted by Gasteiger charge is 2.13. The second kappa shape index (κ2) is 3.04. The highest BCUT2D eigenvalue weighted by atomic mass is 79.9. The molecule has 1 unspecified atom stereocenters. The van der Waals surface area contributed by atoms with Crippen molar-refractivity contribution in [1.82, 2.24) is 9.78 Å². The number of nitrogens with zero attached hydrogens (tertiary/aromatic N) is 2. The van der Waals surface area contributed by atoms with Crippen molar-refractivity contribution in [2.24, 2.45) is 7.05 Å². The molecular formula is C5H7BrN2O2S. The van der Waals surface area contributed by atoms with E-state index in [9.17, 15) is 4.21 Å². The van der Waals surface area contributed by atoms with Crippen LogP contribution in [0.3, 0.4) is 0 Å². The normalized spacial score (nSPS) is 13.5. The Morgan fingerprint density at radius 2 is 2.27 bits per heavy atom. The average molecular weight is 239 g/mol. The molecule has 6 heteroatoms. The van der Waals surface area contributed by atoms with Gasteiger partial charge in [0.25, 0.3) is 0 Å². The molecule has 1 heterocycles. The lowest BCUT2D eigenvalue weighted by molar-refractivity contribution is 0.556. The molecule has 0 saturated carbocycles. The Morgan fingerprint density at radius 3 is 2.45 bits per heavy atom. The summed E-state index contributed by atoms with van der Waals surface area (Å²) in [5.74, 6) is 0. The van der Waals surface area contributed by atoms with Crippen LogP contribution in [0.2, 0.25) is 0 Å². The third-order valence-electron chi connectivity index (χ3n) is 1.40. The zero-order valence-electron chi connectivity index (χ0n) is 6.04. The third-order valence-corrected chi connectivity index (χ3v) is 3.23. The van der Waals surface area contributed by atoms with Crippen LogP contribution in [0.15, 0.2) is 9.50 Å². The maximum Gasteiger partial charge on any atom is 0.208 e. The van der Waals surface area contributed by atoms with Crippen LogP contribution >= 0.6 is 15.9 Å². The molecule has 1 aromatic rings. The molecule has 1 aromatic heterocycles. The minimum absolute atomic E-state index is 0.171. The zero-order valence-corrected chi connectivity index (χ0v) is 8.44. The molecule has 62 valence electrons. The summed E-state index contributed by atoms with van der Waals surface area (Å²) >= 11 is 1.16. The number of aromatic nitrogens is 2. The van der Waals surface area contributed by atoms with Gasteiger partial charge in [0.15, 0.2) is 5.03 Å². The second-order valence-corrected chi connectivity index (χ2v) is 3.76. The largest absolute Gasteiger partial charge is 0.301 e. The Balaban J connectivity index is 3.29. The van der Waals surface area contributed by atoms with E-state index in [0.717, 1.165) is 5.69 Å². The SMILES string of the molecule is Cc1c(Br)c(S(=O)O)nn1C. The summed E-state index contributed by atoms with van der Waals surface area (Å²) in [6.45, 7) is 1.81. The second-order valence-electron chi connectivity index (χ2n) is 2.08. The molecule has 0 aliphatic rings. The molecule has 0 fully saturated rings. The van der Waals surface area contributed by atoms with E-state index in [-0.39, 0.29) is 5.03 Å². The fourth-order valence-electron chi connectivity index (χ4n) is 0.664. The third kappa shape index (κ3) is 1.52. The monoisotopic (exact) mass is 238 g/mol. The highest BCUT2D eigenvalue weighted by molar-refractivity contribution is 9.10. The van der Waals surface area contributed by atoms with Crippen LogP contribution in [0, 0.1) is 6.92 Å². The summed E-state index contributed by atoms with van der Waals surface area (Å²) in [5.41, 5.74) is 0.836. The molecule has 1 atom stereocenters. The van der Waals surface area contributed by atoms with Crippen molar-refractivity contribution in [3.63, 3.8) is 0 Å². The molecule has 0 aliphatic carbocycles. The van der Waals surface area contributed by atoms with Gasteiger partial charge in [0.2, 0.25) is 11.1 Å². The van der Waals surface area contributed by atoms with E-state index in [0.29, 0.717) is 4.47 Å². The van der Waals surface area contributed by atoms with Crippen LogP contribution in [0.5, 0.6) is 0 Å². The fourth-order valence-corrected chi connectivity index (χ4v) is 1.91. The first-order valence-corrected chi connectivity index (χ1v) is 4.74. The van der Waals surface area contributed by atoms with E-state index in [1.807, 2.05) is 6.92 Å². The first kappa shape index (κ1) is 8.89. The van der Waals surface area contributed by atoms with Crippen LogP contribution < -0.4 is 0 Å². The Labute approximate surface area is 75.0 Å². The summed E-state index contributed by atoms with van der Waals surface area (Å²) in [6, 6.07) is 0. The van der Waals surface area contributed by atoms with Crippen molar-refractivity contribution < 1.29 is 8.76 Å². The minimum Gasteiger partial charge on any atom is -0.301 e. The molecular weight excluding hydrogens is 232 g/mol. The first-order chi connectivity index (χ1) is 5.04. The molecule has 0 bridgehead atoms. The Bertz CT molecular complexity index is 310. The van der Waals surface area contributed by atoms with Gasteiger partial charge in [-0.05, 0) is 22.9 Å². The number of halogens is 1. The van der Waals surface area contributed by atoms with Gasteiger partial charge in [-0.3, -0.25) is 4.68 Å². The first-order valence-electron chi connectivity index (χ1n) is 2.84. The van der Waals surface area contributed by atoms with E-state index in [1.54, 1.807) is 11.7 Å². The summed E-state index contributed by atoms with van der Waals surface area (Å²) in [6.07, 6.45) is 0. The molecule has 0 saturated heterocycles. The number of aryl methyl sites for hydroxylation is 1. The lowest BCUT2D eigenvalue weighted by Gasteiger charge is -1.89. The van der Waals surface area contributed by atoms with Crippen LogP contribution in [0.4, 0.5) is 0 Å². The summed E-state index contributed by atoms with van der Waals surface area (Å²) in [7, 11) is 1.72. The van der Waals surface area contributed by atoms with Gasteiger partial charge >= 0.3 is 0 Å². The molecule has 1 rings (SSSR count). The zero-order chi connectivity index (χ0) is 8.59.